The summed E-state index contributed by atoms with van der Waals surface area (Å²) in [4.78, 5) is 6.16. The molecule has 1 aliphatic carbocycles. The van der Waals surface area contributed by atoms with Crippen molar-refractivity contribution in [3.05, 3.63) is 46.9 Å². The van der Waals surface area contributed by atoms with E-state index in [4.69, 9.17) is 11.6 Å². The number of aliphatic imine (C=N–C) groups is 1. The lowest BCUT2D eigenvalue weighted by Gasteiger charge is -2.31. The average Bonchev–Trinajstić information content (AvgIpc) is 2.79. The van der Waals surface area contributed by atoms with Gasteiger partial charge in [0, 0.05) is 24.9 Å². The van der Waals surface area contributed by atoms with Crippen LogP contribution in [0.2, 0.25) is 0 Å². The summed E-state index contributed by atoms with van der Waals surface area (Å²) in [6, 6.07) is 6.98. The first-order chi connectivity index (χ1) is 8.68. The minimum atomic E-state index is -0.379. The van der Waals surface area contributed by atoms with Gasteiger partial charge >= 0.3 is 0 Å². The van der Waals surface area contributed by atoms with Crippen molar-refractivity contribution >= 4 is 17.8 Å². The van der Waals surface area contributed by atoms with Crippen LogP contribution in [0.25, 0.3) is 0 Å². The fourth-order valence-corrected chi connectivity index (χ4v) is 2.98. The van der Waals surface area contributed by atoms with Crippen LogP contribution in [0.1, 0.15) is 24.3 Å². The summed E-state index contributed by atoms with van der Waals surface area (Å²) in [5.41, 5.74) is 2.68. The van der Waals surface area contributed by atoms with Crippen molar-refractivity contribution < 1.29 is 4.39 Å². The van der Waals surface area contributed by atoms with Gasteiger partial charge in [0.1, 0.15) is 5.82 Å². The lowest BCUT2D eigenvalue weighted by atomic mass is 9.95. The molecule has 0 aromatic heterocycles. The molecule has 2 aliphatic rings. The molecule has 0 N–H and O–H groups in total. The highest BCUT2D eigenvalue weighted by atomic mass is 35.5. The molecule has 0 radical (unpaired) electrons. The van der Waals surface area contributed by atoms with Gasteiger partial charge in [-0.3, -0.25) is 4.99 Å². The van der Waals surface area contributed by atoms with Crippen molar-refractivity contribution in [2.45, 2.75) is 24.4 Å². The highest BCUT2D eigenvalue weighted by Gasteiger charge is 2.34. The Morgan fingerprint density at radius 3 is 2.94 bits per heavy atom. The van der Waals surface area contributed by atoms with E-state index in [1.807, 2.05) is 30.3 Å². The van der Waals surface area contributed by atoms with Gasteiger partial charge < -0.3 is 4.90 Å². The van der Waals surface area contributed by atoms with E-state index in [0.29, 0.717) is 0 Å². The molecule has 0 amide bonds. The van der Waals surface area contributed by atoms with Crippen LogP contribution in [0.4, 0.5) is 4.39 Å². The summed E-state index contributed by atoms with van der Waals surface area (Å²) in [5, 5.41) is 0. The molecule has 2 atom stereocenters. The van der Waals surface area contributed by atoms with Crippen molar-refractivity contribution in [1.82, 2.24) is 4.90 Å². The third kappa shape index (κ3) is 1.74. The second-order valence-corrected chi connectivity index (χ2v) is 5.11. The van der Waals surface area contributed by atoms with Crippen LogP contribution in [0.3, 0.4) is 0 Å². The Morgan fingerprint density at radius 1 is 1.39 bits per heavy atom. The molecule has 0 spiro atoms. The van der Waals surface area contributed by atoms with E-state index in [9.17, 15) is 4.39 Å². The molecule has 4 heteroatoms. The van der Waals surface area contributed by atoms with Gasteiger partial charge in [-0.2, -0.15) is 0 Å². The number of rotatable bonds is 1. The topological polar surface area (TPSA) is 15.6 Å². The Bertz CT molecular complexity index is 538. The Labute approximate surface area is 111 Å². The van der Waals surface area contributed by atoms with E-state index in [0.717, 1.165) is 24.1 Å². The van der Waals surface area contributed by atoms with Gasteiger partial charge in [-0.15, -0.1) is 0 Å². The van der Waals surface area contributed by atoms with Crippen LogP contribution in [0.5, 0.6) is 0 Å². The Kier molecular flexibility index (Phi) is 2.86. The Morgan fingerprint density at radius 2 is 2.17 bits per heavy atom. The van der Waals surface area contributed by atoms with E-state index in [1.165, 1.54) is 11.6 Å². The molecule has 1 aliphatic heterocycles. The second-order valence-electron chi connectivity index (χ2n) is 4.72. The second kappa shape index (κ2) is 4.39. The number of alkyl halides is 1. The molecule has 3 rings (SSSR count). The van der Waals surface area contributed by atoms with Crippen LogP contribution >= 0.6 is 11.6 Å². The number of likely N-dealkylation sites (N-methyl/N-ethyl adjacent to an activating group) is 1. The molecule has 0 fully saturated rings. The Hall–Kier alpha value is -1.35. The van der Waals surface area contributed by atoms with Gasteiger partial charge in [-0.1, -0.05) is 29.8 Å². The molecule has 1 aromatic rings. The zero-order valence-corrected chi connectivity index (χ0v) is 10.9. The van der Waals surface area contributed by atoms with Crippen molar-refractivity contribution in [2.75, 3.05) is 7.05 Å². The minimum Gasteiger partial charge on any atom is -0.343 e. The minimum absolute atomic E-state index is 0.0965. The fourth-order valence-electron chi connectivity index (χ4n) is 2.82. The van der Waals surface area contributed by atoms with Crippen LogP contribution in [-0.4, -0.2) is 23.8 Å². The number of hydrogen-bond donors (Lipinski definition) is 0. The van der Waals surface area contributed by atoms with E-state index in [1.54, 1.807) is 6.07 Å². The van der Waals surface area contributed by atoms with Crippen molar-refractivity contribution in [3.63, 3.8) is 0 Å². The summed E-state index contributed by atoms with van der Waals surface area (Å²) < 4.78 is 13.9. The van der Waals surface area contributed by atoms with E-state index in [2.05, 4.69) is 4.99 Å². The predicted molar refractivity (Wildman–Crippen MR) is 71.3 cm³/mol. The quantitative estimate of drug-likeness (QED) is 0.560. The number of nitrogens with zero attached hydrogens (tertiary/aromatic N) is 2. The lowest BCUT2D eigenvalue weighted by molar-refractivity contribution is 0.364. The van der Waals surface area contributed by atoms with Crippen LogP contribution in [0, 0.1) is 5.82 Å². The first kappa shape index (κ1) is 11.7. The predicted octanol–water partition coefficient (Wildman–Crippen LogP) is 3.50. The van der Waals surface area contributed by atoms with Gasteiger partial charge in [0.05, 0.1) is 0 Å². The zero-order valence-electron chi connectivity index (χ0n) is 10.1. The van der Waals surface area contributed by atoms with Gasteiger partial charge in [0.15, 0.2) is 5.62 Å². The van der Waals surface area contributed by atoms with Gasteiger partial charge in [0.2, 0.25) is 0 Å². The molecule has 2 unspecified atom stereocenters. The van der Waals surface area contributed by atoms with Gasteiger partial charge in [-0.25, -0.2) is 4.39 Å². The molecule has 94 valence electrons. The third-order valence-electron chi connectivity index (χ3n) is 3.70. The molecule has 2 nitrogen and oxygen atoms in total. The summed E-state index contributed by atoms with van der Waals surface area (Å²) in [5.74, 6) is -0.0440. The SMILES string of the molecule is CN1C2=C(C=NC1Cl)CCC2c1ccccc1F. The zero-order chi connectivity index (χ0) is 12.7. The van der Waals surface area contributed by atoms with Crippen LogP contribution in [-0.2, 0) is 0 Å². The molecule has 0 saturated heterocycles. The highest BCUT2D eigenvalue weighted by molar-refractivity contribution is 6.21. The maximum atomic E-state index is 13.9. The molecular weight excluding hydrogens is 251 g/mol. The van der Waals surface area contributed by atoms with Crippen molar-refractivity contribution in [3.8, 4) is 0 Å². The fraction of sp³-hybridized carbons (Fsp3) is 0.357. The molecule has 0 bridgehead atoms. The first-order valence-corrected chi connectivity index (χ1v) is 6.49. The largest absolute Gasteiger partial charge is 0.343 e. The monoisotopic (exact) mass is 264 g/mol. The highest BCUT2D eigenvalue weighted by Crippen LogP contribution is 2.43. The molecule has 18 heavy (non-hydrogen) atoms. The smallest absolute Gasteiger partial charge is 0.197 e. The number of halogens is 2. The van der Waals surface area contributed by atoms with Crippen molar-refractivity contribution in [2.24, 2.45) is 4.99 Å². The maximum Gasteiger partial charge on any atom is 0.197 e. The first-order valence-electron chi connectivity index (χ1n) is 6.06. The number of hydrogen-bond acceptors (Lipinski definition) is 2. The standard InChI is InChI=1S/C14H14ClFN2/c1-18-13-9(8-17-14(18)15)6-7-11(13)10-4-2-3-5-12(10)16/h2-5,8,11,14H,6-7H2,1H3. The van der Waals surface area contributed by atoms with Crippen molar-refractivity contribution in [1.29, 1.82) is 0 Å². The van der Waals surface area contributed by atoms with E-state index >= 15 is 0 Å². The molecule has 1 aromatic carbocycles. The molecular formula is C14H14ClFN2. The normalized spacial score (nSPS) is 26.7. The van der Waals surface area contributed by atoms with Crippen LogP contribution in [0.15, 0.2) is 40.5 Å². The molecule has 1 heterocycles. The number of benzene rings is 1. The number of allylic oxidation sites excluding steroid dienone is 2. The summed E-state index contributed by atoms with van der Waals surface area (Å²) >= 11 is 6.13. The lowest BCUT2D eigenvalue weighted by Crippen LogP contribution is -2.30. The van der Waals surface area contributed by atoms with Crippen LogP contribution < -0.4 is 0 Å². The van der Waals surface area contributed by atoms with Gasteiger partial charge in [0.25, 0.3) is 0 Å². The van der Waals surface area contributed by atoms with E-state index < -0.39 is 0 Å². The summed E-state index contributed by atoms with van der Waals surface area (Å²) in [7, 11) is 1.92. The molecule has 0 saturated carbocycles. The average molecular weight is 265 g/mol. The van der Waals surface area contributed by atoms with E-state index in [-0.39, 0.29) is 17.4 Å². The third-order valence-corrected chi connectivity index (χ3v) is 4.10. The Balaban J connectivity index is 2.03. The van der Waals surface area contributed by atoms with Gasteiger partial charge in [-0.05, 0) is 30.0 Å². The summed E-state index contributed by atoms with van der Waals surface area (Å²) in [6.45, 7) is 0. The maximum absolute atomic E-state index is 13.9. The summed E-state index contributed by atoms with van der Waals surface area (Å²) in [6.07, 6.45) is 3.70.